The third-order valence-corrected chi connectivity index (χ3v) is 17.9. The fourth-order valence-electron chi connectivity index (χ4n) is 11.8. The van der Waals surface area contributed by atoms with E-state index in [0.717, 1.165) is 123 Å². The number of fused-ring (bicyclic) bond motifs is 2. The van der Waals surface area contributed by atoms with Gasteiger partial charge >= 0.3 is 12.7 Å². The van der Waals surface area contributed by atoms with E-state index in [9.17, 15) is 35.9 Å². The lowest BCUT2D eigenvalue weighted by Crippen LogP contribution is -2.36. The van der Waals surface area contributed by atoms with Crippen molar-refractivity contribution in [2.45, 2.75) is 104 Å². The number of ether oxygens (including phenoxy) is 3. The molecule has 1 aliphatic heterocycles. The molecule has 2 atom stereocenters. The molecule has 2 aromatic heterocycles. The predicted octanol–water partition coefficient (Wildman–Crippen LogP) is 19.0. The third kappa shape index (κ3) is 19.6. The van der Waals surface area contributed by atoms with Gasteiger partial charge in [0.25, 0.3) is 0 Å². The first-order valence-electron chi connectivity index (χ1n) is 31.8. The van der Waals surface area contributed by atoms with Crippen molar-refractivity contribution < 1.29 is 50.1 Å². The van der Waals surface area contributed by atoms with E-state index in [-0.39, 0.29) is 48.0 Å². The zero-order valence-electron chi connectivity index (χ0n) is 53.7. The SMILES string of the molecule is CC(=O)CC(NCc1ccc(Cl)c(Cl)c1)c1ccc2c(c1)nc(-c1ccc(N3CCOCC3)cc1)n2Cc1ccc(OC(F)(F)F)cc1.CCCN(CCC)c1ccc(-c2nc3cc(C(CC(C)=O)NCc4ccc(Cl)c(Cl)c4)ccc3n2Cc2ccc(OC(F)(F)F)cc2)cc1. The van der Waals surface area contributed by atoms with Crippen LogP contribution in [0.1, 0.15) is 98.8 Å². The van der Waals surface area contributed by atoms with Crippen LogP contribution in [-0.4, -0.2) is 82.8 Å². The Labute approximate surface area is 579 Å². The minimum atomic E-state index is -4.77. The summed E-state index contributed by atoms with van der Waals surface area (Å²) in [6.07, 6.45) is -6.90. The number of halogens is 10. The molecule has 1 fully saturated rings. The predicted molar refractivity (Wildman–Crippen MR) is 373 cm³/mol. The minimum absolute atomic E-state index is 0.0336. The van der Waals surface area contributed by atoms with Gasteiger partial charge in [0, 0.05) is 99.8 Å². The summed E-state index contributed by atoms with van der Waals surface area (Å²) in [4.78, 5) is 39.4. The summed E-state index contributed by atoms with van der Waals surface area (Å²) in [5.41, 5.74) is 12.4. The van der Waals surface area contributed by atoms with Crippen LogP contribution in [0.15, 0.2) is 170 Å². The summed E-state index contributed by atoms with van der Waals surface area (Å²) in [7, 11) is 0. The van der Waals surface area contributed by atoms with Gasteiger partial charge in [-0.2, -0.15) is 0 Å². The van der Waals surface area contributed by atoms with Gasteiger partial charge in [-0.1, -0.05) is 109 Å². The zero-order chi connectivity index (χ0) is 69.0. The number of ketones is 2. The molecule has 1 saturated heterocycles. The van der Waals surface area contributed by atoms with Crippen LogP contribution in [0.4, 0.5) is 37.7 Å². The van der Waals surface area contributed by atoms with Crippen LogP contribution >= 0.6 is 46.4 Å². The Morgan fingerprint density at radius 3 is 1.31 bits per heavy atom. The first-order valence-corrected chi connectivity index (χ1v) is 33.3. The summed E-state index contributed by atoms with van der Waals surface area (Å²) >= 11 is 24.6. The van der Waals surface area contributed by atoms with Gasteiger partial charge in [-0.15, -0.1) is 26.3 Å². The van der Waals surface area contributed by atoms with Crippen LogP contribution in [0.2, 0.25) is 20.1 Å². The van der Waals surface area contributed by atoms with Crippen molar-refractivity contribution >= 4 is 91.4 Å². The second-order valence-electron chi connectivity index (χ2n) is 23.8. The maximum absolute atomic E-state index is 12.8. The van der Waals surface area contributed by atoms with E-state index in [4.69, 9.17) is 61.1 Å². The first-order chi connectivity index (χ1) is 46.5. The lowest BCUT2D eigenvalue weighted by atomic mass is 10.0. The molecule has 0 saturated carbocycles. The van der Waals surface area contributed by atoms with Gasteiger partial charge in [0.2, 0.25) is 0 Å². The number of hydrogen-bond acceptors (Lipinski definition) is 11. The molecule has 2 N–H and O–H groups in total. The molecule has 508 valence electrons. The number of hydrogen-bond donors (Lipinski definition) is 2. The molecule has 8 aromatic carbocycles. The normalized spacial score (nSPS) is 13.3. The summed E-state index contributed by atoms with van der Waals surface area (Å²) in [6, 6.07) is 50.4. The molecular formula is C74H72Cl4F6N8O5. The lowest BCUT2D eigenvalue weighted by molar-refractivity contribution is -0.275. The van der Waals surface area contributed by atoms with Gasteiger partial charge in [0.15, 0.2) is 0 Å². The number of anilines is 2. The molecule has 0 amide bonds. The van der Waals surface area contributed by atoms with Crippen LogP contribution < -0.4 is 29.9 Å². The highest BCUT2D eigenvalue weighted by molar-refractivity contribution is 6.42. The van der Waals surface area contributed by atoms with E-state index >= 15 is 0 Å². The number of rotatable bonds is 26. The summed E-state index contributed by atoms with van der Waals surface area (Å²) in [6.45, 7) is 14.0. The number of carbonyl (C=O) groups excluding carboxylic acids is 2. The van der Waals surface area contributed by atoms with Crippen LogP contribution in [0.25, 0.3) is 44.8 Å². The van der Waals surface area contributed by atoms with Gasteiger partial charge in [-0.3, -0.25) is 9.59 Å². The number of carbonyl (C=O) groups is 2. The summed E-state index contributed by atoms with van der Waals surface area (Å²) < 4.78 is 94.4. The molecule has 97 heavy (non-hydrogen) atoms. The van der Waals surface area contributed by atoms with Crippen molar-refractivity contribution in [3.05, 3.63) is 223 Å². The van der Waals surface area contributed by atoms with Crippen LogP contribution in [0, 0.1) is 0 Å². The highest BCUT2D eigenvalue weighted by atomic mass is 35.5. The average Bonchev–Trinajstić information content (AvgIpc) is 1.63. The highest BCUT2D eigenvalue weighted by Crippen LogP contribution is 2.35. The molecule has 0 radical (unpaired) electrons. The van der Waals surface area contributed by atoms with Crippen molar-refractivity contribution in [1.82, 2.24) is 29.7 Å². The molecule has 1 aliphatic rings. The number of Topliss-reactive ketones (excluding diaryl/α,β-unsaturated/α-hetero) is 2. The van der Waals surface area contributed by atoms with Crippen LogP contribution in [0.3, 0.4) is 0 Å². The molecule has 23 heteroatoms. The second kappa shape index (κ2) is 32.5. The van der Waals surface area contributed by atoms with Crippen molar-refractivity contribution in [1.29, 1.82) is 0 Å². The molecule has 10 aromatic rings. The quantitative estimate of drug-likeness (QED) is 0.0503. The number of nitrogens with one attached hydrogen (secondary N) is 2. The summed E-state index contributed by atoms with van der Waals surface area (Å²) in [5, 5.41) is 8.84. The Morgan fingerprint density at radius 1 is 0.526 bits per heavy atom. The minimum Gasteiger partial charge on any atom is -0.406 e. The molecule has 0 spiro atoms. The Balaban J connectivity index is 0.000000211. The van der Waals surface area contributed by atoms with Crippen LogP contribution in [-0.2, 0) is 40.5 Å². The number of nitrogens with zero attached hydrogens (tertiary/aromatic N) is 6. The fraction of sp³-hybridized carbons (Fsp3) is 0.297. The molecule has 0 aliphatic carbocycles. The maximum Gasteiger partial charge on any atom is 0.573 e. The fourth-order valence-corrected chi connectivity index (χ4v) is 12.4. The first kappa shape index (κ1) is 71.6. The second-order valence-corrected chi connectivity index (χ2v) is 25.4. The van der Waals surface area contributed by atoms with Gasteiger partial charge in [0.05, 0.1) is 55.4 Å². The largest absolute Gasteiger partial charge is 0.573 e. The number of morpholine rings is 1. The van der Waals surface area contributed by atoms with Crippen molar-refractivity contribution in [2.24, 2.45) is 0 Å². The number of alkyl halides is 6. The van der Waals surface area contributed by atoms with E-state index in [2.05, 4.69) is 84.7 Å². The molecule has 13 nitrogen and oxygen atoms in total. The smallest absolute Gasteiger partial charge is 0.406 e. The van der Waals surface area contributed by atoms with Gasteiger partial charge in [-0.25, -0.2) is 9.97 Å². The molecule has 0 bridgehead atoms. The molecule has 2 unspecified atom stereocenters. The Bertz CT molecular complexity index is 4310. The van der Waals surface area contributed by atoms with Gasteiger partial charge in [0.1, 0.15) is 34.7 Å². The standard InChI is InChI=1S/C38H39Cl2F3N4O2.C36H33Cl2F3N4O3/c1-4-18-46(19-5-2)30-12-9-28(10-13-30)37-45-35-22-29(34(20-25(3)48)44-23-27-8-16-32(39)33(40)21-27)11-17-36(35)47(37)24-26-6-14-31(15-7-26)49-38(41,42)43;1-23(46)18-32(42-21-25-4-12-30(37)31(38)19-25)27-7-13-34-33(20-27)43-35(26-5-8-28(9-6-26)44-14-16-47-17-15-44)45(34)22-24-2-10-29(11-3-24)48-36(39,40)41/h6-17,21-22,34,44H,4-5,18-20,23-24H2,1-3H3;2-13,19-20,32,42H,14-18,21-22H2,1H3. The van der Waals surface area contributed by atoms with E-state index in [1.807, 2.05) is 65.2 Å². The Hall–Kier alpha value is -8.14. The van der Waals surface area contributed by atoms with E-state index in [1.165, 1.54) is 24.3 Å². The van der Waals surface area contributed by atoms with Crippen LogP contribution in [0.5, 0.6) is 11.5 Å². The zero-order valence-corrected chi connectivity index (χ0v) is 56.7. The monoisotopic (exact) mass is 1410 g/mol. The van der Waals surface area contributed by atoms with Gasteiger partial charge < -0.3 is 43.8 Å². The molecule has 3 heterocycles. The maximum atomic E-state index is 12.8. The molecular weight excluding hydrogens is 1340 g/mol. The lowest BCUT2D eigenvalue weighted by Gasteiger charge is -2.28. The van der Waals surface area contributed by atoms with Crippen molar-refractivity contribution in [3.8, 4) is 34.3 Å². The van der Waals surface area contributed by atoms with E-state index in [0.29, 0.717) is 65.3 Å². The highest BCUT2D eigenvalue weighted by Gasteiger charge is 2.32. The summed E-state index contributed by atoms with van der Waals surface area (Å²) in [5.74, 6) is 0.940. The topological polar surface area (TPSA) is 128 Å². The number of benzene rings is 8. The third-order valence-electron chi connectivity index (χ3n) is 16.4. The Morgan fingerprint density at radius 2 is 0.928 bits per heavy atom. The van der Waals surface area contributed by atoms with Crippen molar-refractivity contribution in [3.63, 3.8) is 0 Å². The number of imidazole rings is 2. The van der Waals surface area contributed by atoms with E-state index in [1.54, 1.807) is 62.4 Å². The number of aromatic nitrogens is 4. The van der Waals surface area contributed by atoms with Crippen molar-refractivity contribution in [2.75, 3.05) is 49.2 Å². The average molecular weight is 1410 g/mol. The van der Waals surface area contributed by atoms with E-state index < -0.39 is 12.7 Å². The van der Waals surface area contributed by atoms with Gasteiger partial charge in [-0.05, 0) is 181 Å². The Kier molecular flexibility index (Phi) is 24.0. The molecule has 11 rings (SSSR count).